The molecule has 9 nitrogen and oxygen atoms in total. The van der Waals surface area contributed by atoms with Gasteiger partial charge in [0.2, 0.25) is 0 Å². The Labute approximate surface area is 366 Å². The van der Waals surface area contributed by atoms with Crippen LogP contribution in [0.2, 0.25) is 0 Å². The number of pyridine rings is 2. The van der Waals surface area contributed by atoms with Crippen LogP contribution in [0.15, 0.2) is 97.6 Å². The average Bonchev–Trinajstić information content (AvgIpc) is 3.27. The van der Waals surface area contributed by atoms with Crippen LogP contribution >= 0.6 is 21.6 Å². The van der Waals surface area contributed by atoms with Gasteiger partial charge in [0.05, 0.1) is 19.8 Å². The Morgan fingerprint density at radius 3 is 1.20 bits per heavy atom. The summed E-state index contributed by atoms with van der Waals surface area (Å²) in [5, 5.41) is 27.9. The number of aliphatic hydroxyl groups is 3. The summed E-state index contributed by atoms with van der Waals surface area (Å²) in [6.45, 7) is 6.72. The standard InChI is InChI=1S/C49H66N4O5S2/c1-2-27-52(34-37-54)46-17-13-42(14-18-46)9-11-44-21-30-50(31-22-44)28-5-3-7-48(57)25-40-59-60-41-26-49(58)8-4-6-29-51-32-23-45(24-33-51)12-10-43-15-19-47(20-16-43)53(35-38-55)36-39-56/h9-24,30-33,54-56H,2-8,25-29,34-41H2,1H3/q+2. The zero-order valence-electron chi connectivity index (χ0n) is 35.5. The van der Waals surface area contributed by atoms with Crippen molar-refractivity contribution in [3.63, 3.8) is 0 Å². The zero-order valence-corrected chi connectivity index (χ0v) is 37.1. The van der Waals surface area contributed by atoms with Crippen LogP contribution in [0.4, 0.5) is 11.4 Å². The first-order valence-corrected chi connectivity index (χ1v) is 24.0. The summed E-state index contributed by atoms with van der Waals surface area (Å²) in [5.41, 5.74) is 6.58. The van der Waals surface area contributed by atoms with Crippen molar-refractivity contribution in [2.24, 2.45) is 0 Å². The molecule has 0 fully saturated rings. The first-order chi connectivity index (χ1) is 29.4. The quantitative estimate of drug-likeness (QED) is 0.0264. The van der Waals surface area contributed by atoms with E-state index in [9.17, 15) is 24.9 Å². The number of nitrogens with zero attached hydrogens (tertiary/aromatic N) is 4. The molecule has 3 N–H and O–H groups in total. The second-order valence-electron chi connectivity index (χ2n) is 14.9. The predicted octanol–water partition coefficient (Wildman–Crippen LogP) is 7.94. The maximum absolute atomic E-state index is 12.4. The van der Waals surface area contributed by atoms with Crippen LogP contribution in [0.25, 0.3) is 24.3 Å². The fourth-order valence-electron chi connectivity index (χ4n) is 6.72. The van der Waals surface area contributed by atoms with Gasteiger partial charge in [-0.05, 0) is 65.8 Å². The van der Waals surface area contributed by atoms with Crippen molar-refractivity contribution in [3.05, 3.63) is 120 Å². The smallest absolute Gasteiger partial charge is 0.169 e. The van der Waals surface area contributed by atoms with Crippen molar-refractivity contribution >= 4 is 68.8 Å². The van der Waals surface area contributed by atoms with Crippen molar-refractivity contribution in [1.29, 1.82) is 0 Å². The lowest BCUT2D eigenvalue weighted by Gasteiger charge is -2.23. The molecule has 0 saturated heterocycles. The number of Topliss-reactive ketones (excluding diaryl/α,β-unsaturated/α-hetero) is 2. The second-order valence-corrected chi connectivity index (χ2v) is 17.6. The Morgan fingerprint density at radius 1 is 0.500 bits per heavy atom. The molecule has 0 aliphatic rings. The highest BCUT2D eigenvalue weighted by Crippen LogP contribution is 2.24. The fourth-order valence-corrected chi connectivity index (χ4v) is 8.78. The molecule has 0 unspecified atom stereocenters. The summed E-state index contributed by atoms with van der Waals surface area (Å²) in [4.78, 5) is 29.0. The van der Waals surface area contributed by atoms with Crippen LogP contribution in [0.3, 0.4) is 0 Å². The maximum Gasteiger partial charge on any atom is 0.169 e. The number of hydrogen-bond acceptors (Lipinski definition) is 9. The van der Waals surface area contributed by atoms with E-state index in [0.29, 0.717) is 56.9 Å². The van der Waals surface area contributed by atoms with Crippen molar-refractivity contribution in [2.75, 3.05) is 67.3 Å². The molecular formula is C49H66N4O5S2+2. The van der Waals surface area contributed by atoms with Crippen LogP contribution in [0, 0.1) is 0 Å². The van der Waals surface area contributed by atoms with Crippen molar-refractivity contribution in [1.82, 2.24) is 0 Å². The summed E-state index contributed by atoms with van der Waals surface area (Å²) < 4.78 is 4.33. The van der Waals surface area contributed by atoms with Gasteiger partial charge in [-0.2, -0.15) is 0 Å². The Bertz CT molecular complexity index is 1700. The normalized spacial score (nSPS) is 11.5. The van der Waals surface area contributed by atoms with Crippen LogP contribution < -0.4 is 18.9 Å². The molecule has 0 radical (unpaired) electrons. The summed E-state index contributed by atoms with van der Waals surface area (Å²) >= 11 is 0. The molecule has 2 aromatic carbocycles. The van der Waals surface area contributed by atoms with Gasteiger partial charge in [-0.15, -0.1) is 0 Å². The summed E-state index contributed by atoms with van der Waals surface area (Å²) in [7, 11) is 3.40. The number of unbranched alkanes of at least 4 members (excludes halogenated alkanes) is 2. The van der Waals surface area contributed by atoms with Gasteiger partial charge in [0.25, 0.3) is 0 Å². The number of ketones is 2. The number of carbonyl (C=O) groups is 2. The van der Waals surface area contributed by atoms with Gasteiger partial charge < -0.3 is 25.1 Å². The van der Waals surface area contributed by atoms with E-state index < -0.39 is 0 Å². The number of aliphatic hydroxyl groups excluding tert-OH is 3. The van der Waals surface area contributed by atoms with E-state index >= 15 is 0 Å². The minimum absolute atomic E-state index is 0.0452. The van der Waals surface area contributed by atoms with E-state index in [-0.39, 0.29) is 19.8 Å². The number of benzene rings is 2. The zero-order chi connectivity index (χ0) is 42.6. The fraction of sp³-hybridized carbons (Fsp3) is 0.429. The Balaban J connectivity index is 0.984. The highest BCUT2D eigenvalue weighted by molar-refractivity contribution is 8.76. The number of aromatic nitrogens is 2. The van der Waals surface area contributed by atoms with Crippen molar-refractivity contribution < 1.29 is 34.0 Å². The molecule has 0 spiro atoms. The molecule has 4 aromatic rings. The maximum atomic E-state index is 12.4. The number of anilines is 2. The van der Waals surface area contributed by atoms with E-state index in [2.05, 4.69) is 119 Å². The van der Waals surface area contributed by atoms with E-state index in [4.69, 9.17) is 0 Å². The van der Waals surface area contributed by atoms with Crippen LogP contribution in [0.5, 0.6) is 0 Å². The van der Waals surface area contributed by atoms with Crippen molar-refractivity contribution in [3.8, 4) is 0 Å². The summed E-state index contributed by atoms with van der Waals surface area (Å²) in [6.07, 6.45) is 23.9. The summed E-state index contributed by atoms with van der Waals surface area (Å²) in [5.74, 6) is 2.22. The van der Waals surface area contributed by atoms with E-state index in [1.807, 2.05) is 29.2 Å². The third kappa shape index (κ3) is 19.0. The van der Waals surface area contributed by atoms with Gasteiger partial charge in [0.1, 0.15) is 24.7 Å². The number of aryl methyl sites for hydroxylation is 2. The molecule has 0 aliphatic heterocycles. The lowest BCUT2D eigenvalue weighted by molar-refractivity contribution is -0.697. The highest BCUT2D eigenvalue weighted by atomic mass is 33.1. The van der Waals surface area contributed by atoms with E-state index in [0.717, 1.165) is 96.9 Å². The highest BCUT2D eigenvalue weighted by Gasteiger charge is 2.09. The minimum atomic E-state index is 0.0452. The minimum Gasteiger partial charge on any atom is -0.395 e. The van der Waals surface area contributed by atoms with E-state index in [1.165, 1.54) is 0 Å². The second kappa shape index (κ2) is 29.1. The molecule has 322 valence electrons. The van der Waals surface area contributed by atoms with Crippen LogP contribution in [0.1, 0.15) is 87.0 Å². The Morgan fingerprint density at radius 2 is 0.850 bits per heavy atom. The van der Waals surface area contributed by atoms with Crippen molar-refractivity contribution in [2.45, 2.75) is 77.8 Å². The SMILES string of the molecule is CCCN(CCO)c1ccc(/C=C/c2cc[n+](CCCCC(=O)CCSSCCC(=O)CCCC[n+]3ccc(/C=C/c4ccc(N(CCO)CCO)cc4)cc3)cc2)cc1. The van der Waals surface area contributed by atoms with Gasteiger partial charge in [0, 0.05) is 112 Å². The van der Waals surface area contributed by atoms with Crippen LogP contribution in [-0.4, -0.2) is 84.4 Å². The number of hydrogen-bond donors (Lipinski definition) is 3. The molecule has 4 rings (SSSR count). The largest absolute Gasteiger partial charge is 0.395 e. The lowest BCUT2D eigenvalue weighted by atomic mass is 10.1. The number of carbonyl (C=O) groups excluding carboxylic acids is 2. The third-order valence-corrected chi connectivity index (χ3v) is 12.6. The van der Waals surface area contributed by atoms with Gasteiger partial charge in [0.15, 0.2) is 24.8 Å². The molecule has 2 aromatic heterocycles. The lowest BCUT2D eigenvalue weighted by Crippen LogP contribution is -2.32. The molecule has 0 saturated carbocycles. The van der Waals surface area contributed by atoms with Gasteiger partial charge in [-0.25, -0.2) is 9.13 Å². The van der Waals surface area contributed by atoms with Gasteiger partial charge in [-0.3, -0.25) is 9.59 Å². The third-order valence-electron chi connectivity index (χ3n) is 10.1. The molecule has 0 atom stereocenters. The molecule has 0 amide bonds. The summed E-state index contributed by atoms with van der Waals surface area (Å²) in [6, 6.07) is 25.0. The van der Waals surface area contributed by atoms with E-state index in [1.54, 1.807) is 21.6 Å². The molecule has 0 bridgehead atoms. The topological polar surface area (TPSA) is 109 Å². The predicted molar refractivity (Wildman–Crippen MR) is 252 cm³/mol. The monoisotopic (exact) mass is 854 g/mol. The average molecular weight is 855 g/mol. The number of rotatable bonds is 31. The Hall–Kier alpha value is -4.26. The molecule has 60 heavy (non-hydrogen) atoms. The van der Waals surface area contributed by atoms with Gasteiger partial charge >= 0.3 is 0 Å². The molecule has 11 heteroatoms. The first kappa shape index (κ1) is 48.4. The molecular weight excluding hydrogens is 789 g/mol. The Kier molecular flexibility index (Phi) is 23.5. The van der Waals surface area contributed by atoms with Crippen LogP contribution in [-0.2, 0) is 22.7 Å². The molecule has 0 aliphatic carbocycles. The molecule has 2 heterocycles. The van der Waals surface area contributed by atoms with Gasteiger partial charge in [-0.1, -0.05) is 77.1 Å². The first-order valence-electron chi connectivity index (χ1n) is 21.6.